The van der Waals surface area contributed by atoms with Crippen LogP contribution in [0.25, 0.3) is 0 Å². The van der Waals surface area contributed by atoms with Crippen molar-refractivity contribution in [1.82, 2.24) is 5.32 Å². The lowest BCUT2D eigenvalue weighted by atomic mass is 10.2. The lowest BCUT2D eigenvalue weighted by Gasteiger charge is -2.10. The second kappa shape index (κ2) is 6.03. The largest absolute Gasteiger partial charge is 0.316 e. The first kappa shape index (κ1) is 13.1. The predicted molar refractivity (Wildman–Crippen MR) is 74.5 cm³/mol. The zero-order chi connectivity index (χ0) is 13.0. The van der Waals surface area contributed by atoms with E-state index in [4.69, 9.17) is 0 Å². The van der Waals surface area contributed by atoms with Crippen LogP contribution in [0, 0.1) is 12.7 Å². The third-order valence-electron chi connectivity index (χ3n) is 2.63. The summed E-state index contributed by atoms with van der Waals surface area (Å²) in [6.45, 7) is 2.71. The van der Waals surface area contributed by atoms with Gasteiger partial charge in [0.2, 0.25) is 0 Å². The third kappa shape index (κ3) is 3.12. The van der Waals surface area contributed by atoms with Gasteiger partial charge in [0.1, 0.15) is 5.82 Å². The Morgan fingerprint density at radius 2 is 1.94 bits per heavy atom. The van der Waals surface area contributed by atoms with Crippen LogP contribution in [0.1, 0.15) is 11.1 Å². The van der Waals surface area contributed by atoms with Gasteiger partial charge in [-0.3, -0.25) is 0 Å². The molecule has 0 unspecified atom stereocenters. The molecule has 0 aliphatic heterocycles. The molecule has 3 heteroatoms. The summed E-state index contributed by atoms with van der Waals surface area (Å²) < 4.78 is 13.9. The molecule has 0 aliphatic carbocycles. The van der Waals surface area contributed by atoms with E-state index in [2.05, 4.69) is 11.4 Å². The fourth-order valence-electron chi connectivity index (χ4n) is 1.79. The van der Waals surface area contributed by atoms with Crippen LogP contribution in [0.15, 0.2) is 52.3 Å². The number of aryl methyl sites for hydroxylation is 1. The third-order valence-corrected chi connectivity index (χ3v) is 3.78. The molecule has 0 saturated carbocycles. The molecule has 0 bridgehead atoms. The molecular weight excluding hydrogens is 245 g/mol. The molecule has 0 aromatic heterocycles. The van der Waals surface area contributed by atoms with Gasteiger partial charge in [-0.25, -0.2) is 4.39 Å². The molecule has 94 valence electrons. The van der Waals surface area contributed by atoms with Crippen molar-refractivity contribution in [3.8, 4) is 0 Å². The molecule has 2 rings (SSSR count). The maximum Gasteiger partial charge on any atom is 0.137 e. The van der Waals surface area contributed by atoms with Crippen molar-refractivity contribution in [3.63, 3.8) is 0 Å². The molecule has 0 aliphatic rings. The average Bonchev–Trinajstić information content (AvgIpc) is 2.34. The molecule has 2 aromatic carbocycles. The molecular formula is C15H16FNS. The van der Waals surface area contributed by atoms with Gasteiger partial charge in [0.05, 0.1) is 4.90 Å². The fourth-order valence-corrected chi connectivity index (χ4v) is 2.86. The van der Waals surface area contributed by atoms with Crippen molar-refractivity contribution in [1.29, 1.82) is 0 Å². The SMILES string of the molecule is CNCc1cccc(F)c1Sc1cccc(C)c1. The Morgan fingerprint density at radius 1 is 1.17 bits per heavy atom. The number of rotatable bonds is 4. The lowest BCUT2D eigenvalue weighted by molar-refractivity contribution is 0.594. The predicted octanol–water partition coefficient (Wildman–Crippen LogP) is 4.00. The molecule has 18 heavy (non-hydrogen) atoms. The molecule has 0 atom stereocenters. The minimum atomic E-state index is -0.158. The minimum absolute atomic E-state index is 0.158. The Morgan fingerprint density at radius 3 is 2.67 bits per heavy atom. The Balaban J connectivity index is 2.33. The van der Waals surface area contributed by atoms with E-state index in [0.717, 1.165) is 10.5 Å². The second-order valence-electron chi connectivity index (χ2n) is 4.18. The number of nitrogens with one attached hydrogen (secondary N) is 1. The zero-order valence-electron chi connectivity index (χ0n) is 10.5. The topological polar surface area (TPSA) is 12.0 Å². The highest BCUT2D eigenvalue weighted by atomic mass is 32.2. The molecule has 2 aromatic rings. The van der Waals surface area contributed by atoms with Crippen LogP contribution in [-0.2, 0) is 6.54 Å². The Labute approximate surface area is 111 Å². The van der Waals surface area contributed by atoms with Gasteiger partial charge in [-0.15, -0.1) is 0 Å². The van der Waals surface area contributed by atoms with Crippen LogP contribution in [0.2, 0.25) is 0 Å². The fraction of sp³-hybridized carbons (Fsp3) is 0.200. The summed E-state index contributed by atoms with van der Waals surface area (Å²) in [5.41, 5.74) is 2.18. The van der Waals surface area contributed by atoms with Crippen LogP contribution >= 0.6 is 11.8 Å². The standard InChI is InChI=1S/C15H16FNS/c1-11-5-3-7-13(9-11)18-15-12(10-17-2)6-4-8-14(15)16/h3-9,17H,10H2,1-2H3. The first-order chi connectivity index (χ1) is 8.70. The van der Waals surface area contributed by atoms with Gasteiger partial charge in [0.15, 0.2) is 0 Å². The number of hydrogen-bond acceptors (Lipinski definition) is 2. The van der Waals surface area contributed by atoms with E-state index in [9.17, 15) is 4.39 Å². The van der Waals surface area contributed by atoms with Crippen LogP contribution < -0.4 is 5.32 Å². The van der Waals surface area contributed by atoms with Gasteiger partial charge < -0.3 is 5.32 Å². The van der Waals surface area contributed by atoms with E-state index in [-0.39, 0.29) is 5.82 Å². The first-order valence-corrected chi connectivity index (χ1v) is 6.69. The molecule has 0 saturated heterocycles. The smallest absolute Gasteiger partial charge is 0.137 e. The van der Waals surface area contributed by atoms with Crippen LogP contribution in [0.3, 0.4) is 0 Å². The van der Waals surface area contributed by atoms with Gasteiger partial charge in [-0.05, 0) is 37.7 Å². The van der Waals surface area contributed by atoms with E-state index >= 15 is 0 Å². The first-order valence-electron chi connectivity index (χ1n) is 5.87. The Bertz CT molecular complexity index is 540. The monoisotopic (exact) mass is 261 g/mol. The maximum atomic E-state index is 13.9. The van der Waals surface area contributed by atoms with Crippen molar-refractivity contribution in [2.75, 3.05) is 7.05 Å². The van der Waals surface area contributed by atoms with Gasteiger partial charge in [-0.2, -0.15) is 0 Å². The number of hydrogen-bond donors (Lipinski definition) is 1. The molecule has 0 amide bonds. The summed E-state index contributed by atoms with van der Waals surface area (Å²) in [6.07, 6.45) is 0. The van der Waals surface area contributed by atoms with E-state index in [1.54, 1.807) is 6.07 Å². The minimum Gasteiger partial charge on any atom is -0.316 e. The molecule has 1 N–H and O–H groups in total. The van der Waals surface area contributed by atoms with Crippen molar-refractivity contribution in [2.24, 2.45) is 0 Å². The van der Waals surface area contributed by atoms with Gasteiger partial charge in [0, 0.05) is 11.4 Å². The summed E-state index contributed by atoms with van der Waals surface area (Å²) >= 11 is 1.48. The van der Waals surface area contributed by atoms with E-state index < -0.39 is 0 Å². The second-order valence-corrected chi connectivity index (χ2v) is 5.26. The van der Waals surface area contributed by atoms with Crippen molar-refractivity contribution in [3.05, 3.63) is 59.4 Å². The van der Waals surface area contributed by atoms with Gasteiger partial charge in [-0.1, -0.05) is 41.6 Å². The van der Waals surface area contributed by atoms with Gasteiger partial charge >= 0.3 is 0 Å². The summed E-state index contributed by atoms with van der Waals surface area (Å²) in [5, 5.41) is 3.07. The normalized spacial score (nSPS) is 10.6. The molecule has 1 nitrogen and oxygen atoms in total. The Kier molecular flexibility index (Phi) is 4.39. The van der Waals surface area contributed by atoms with Crippen molar-refractivity contribution >= 4 is 11.8 Å². The highest BCUT2D eigenvalue weighted by Gasteiger charge is 2.09. The summed E-state index contributed by atoms with van der Waals surface area (Å²) in [6, 6.07) is 13.3. The quantitative estimate of drug-likeness (QED) is 0.892. The Hall–Kier alpha value is -1.32. The maximum absolute atomic E-state index is 13.9. The highest BCUT2D eigenvalue weighted by Crippen LogP contribution is 2.33. The summed E-state index contributed by atoms with van der Waals surface area (Å²) in [4.78, 5) is 1.77. The molecule has 0 heterocycles. The van der Waals surface area contributed by atoms with E-state index in [1.165, 1.54) is 23.4 Å². The molecule has 0 radical (unpaired) electrons. The summed E-state index contributed by atoms with van der Waals surface area (Å²) in [5.74, 6) is -0.158. The molecule has 0 spiro atoms. The van der Waals surface area contributed by atoms with E-state index in [0.29, 0.717) is 11.4 Å². The van der Waals surface area contributed by atoms with Crippen LogP contribution in [-0.4, -0.2) is 7.05 Å². The lowest BCUT2D eigenvalue weighted by Crippen LogP contribution is -2.06. The highest BCUT2D eigenvalue weighted by molar-refractivity contribution is 7.99. The summed E-state index contributed by atoms with van der Waals surface area (Å²) in [7, 11) is 1.87. The molecule has 0 fully saturated rings. The van der Waals surface area contributed by atoms with Crippen LogP contribution in [0.5, 0.6) is 0 Å². The average molecular weight is 261 g/mol. The zero-order valence-corrected chi connectivity index (χ0v) is 11.4. The number of benzene rings is 2. The van der Waals surface area contributed by atoms with Crippen molar-refractivity contribution < 1.29 is 4.39 Å². The number of halogens is 1. The van der Waals surface area contributed by atoms with Crippen molar-refractivity contribution in [2.45, 2.75) is 23.3 Å². The van der Waals surface area contributed by atoms with Crippen LogP contribution in [0.4, 0.5) is 4.39 Å². The van der Waals surface area contributed by atoms with E-state index in [1.807, 2.05) is 38.2 Å². The van der Waals surface area contributed by atoms with Gasteiger partial charge in [0.25, 0.3) is 0 Å².